The van der Waals surface area contributed by atoms with Gasteiger partial charge < -0.3 is 14.5 Å². The van der Waals surface area contributed by atoms with Crippen molar-refractivity contribution in [1.82, 2.24) is 10.3 Å². The molecular weight excluding hydrogens is 378 g/mol. The molecule has 0 unspecified atom stereocenters. The Morgan fingerprint density at radius 1 is 1.17 bits per heavy atom. The van der Waals surface area contributed by atoms with E-state index in [1.54, 1.807) is 18.4 Å². The molecule has 1 amide bonds. The molecule has 6 heteroatoms. The maximum Gasteiger partial charge on any atom is 0.257 e. The van der Waals surface area contributed by atoms with E-state index >= 15 is 0 Å². The van der Waals surface area contributed by atoms with Crippen LogP contribution < -0.4 is 10.1 Å². The Balaban J connectivity index is 1.51. The molecule has 0 spiro atoms. The molecule has 154 valence electrons. The Morgan fingerprint density at radius 2 is 1.93 bits per heavy atom. The van der Waals surface area contributed by atoms with Gasteiger partial charge in [-0.2, -0.15) is 5.10 Å². The van der Waals surface area contributed by atoms with Crippen molar-refractivity contribution in [2.75, 3.05) is 13.7 Å². The Bertz CT molecular complexity index is 998. The summed E-state index contributed by atoms with van der Waals surface area (Å²) in [5.41, 5.74) is 2.95. The highest BCUT2D eigenvalue weighted by Crippen LogP contribution is 2.33. The van der Waals surface area contributed by atoms with E-state index in [9.17, 15) is 4.79 Å². The topological polar surface area (TPSA) is 67.1 Å². The van der Waals surface area contributed by atoms with Crippen LogP contribution in [0, 0.1) is 0 Å². The highest BCUT2D eigenvalue weighted by Gasteiger charge is 2.34. The van der Waals surface area contributed by atoms with Crippen molar-refractivity contribution in [2.45, 2.75) is 25.4 Å². The van der Waals surface area contributed by atoms with Gasteiger partial charge in [0.25, 0.3) is 5.91 Å². The summed E-state index contributed by atoms with van der Waals surface area (Å²) in [6, 6.07) is 21.3. The predicted octanol–water partition coefficient (Wildman–Crippen LogP) is 4.32. The van der Waals surface area contributed by atoms with Crippen LogP contribution in [0.1, 0.15) is 42.3 Å². The Labute approximate surface area is 176 Å². The fourth-order valence-corrected chi connectivity index (χ4v) is 3.58. The molecule has 4 rings (SSSR count). The zero-order valence-electron chi connectivity index (χ0n) is 17.1. The van der Waals surface area contributed by atoms with Gasteiger partial charge in [-0.05, 0) is 54.4 Å². The number of furan rings is 1. The quantitative estimate of drug-likeness (QED) is 0.638. The molecule has 0 radical (unpaired) electrons. The Morgan fingerprint density at radius 3 is 2.60 bits per heavy atom. The van der Waals surface area contributed by atoms with Crippen molar-refractivity contribution in [1.29, 1.82) is 0 Å². The van der Waals surface area contributed by atoms with Gasteiger partial charge in [0, 0.05) is 12.5 Å². The van der Waals surface area contributed by atoms with Crippen molar-refractivity contribution in [3.05, 3.63) is 89.9 Å². The van der Waals surface area contributed by atoms with Crippen LogP contribution in [0.3, 0.4) is 0 Å². The van der Waals surface area contributed by atoms with Crippen LogP contribution >= 0.6 is 0 Å². The third-order valence-electron chi connectivity index (χ3n) is 5.32. The second-order valence-corrected chi connectivity index (χ2v) is 7.26. The first kappa shape index (κ1) is 19.9. The van der Waals surface area contributed by atoms with E-state index in [1.165, 1.54) is 0 Å². The number of ether oxygens (including phenoxy) is 1. The van der Waals surface area contributed by atoms with E-state index < -0.39 is 0 Å². The molecule has 1 aliphatic rings. The molecule has 2 atom stereocenters. The lowest BCUT2D eigenvalue weighted by molar-refractivity contribution is -0.132. The summed E-state index contributed by atoms with van der Waals surface area (Å²) in [5, 5.41) is 9.51. The zero-order valence-corrected chi connectivity index (χ0v) is 17.1. The first-order chi connectivity index (χ1) is 14.7. The molecule has 0 bridgehead atoms. The normalized spacial score (nSPS) is 16.9. The minimum Gasteiger partial charge on any atom is -0.497 e. The molecular formula is C24H25N3O3. The van der Waals surface area contributed by atoms with Gasteiger partial charge in [-0.15, -0.1) is 0 Å². The predicted molar refractivity (Wildman–Crippen MR) is 115 cm³/mol. The molecule has 1 N–H and O–H groups in total. The summed E-state index contributed by atoms with van der Waals surface area (Å²) in [4.78, 5) is 13.1. The van der Waals surface area contributed by atoms with Crippen molar-refractivity contribution in [2.24, 2.45) is 5.10 Å². The number of carbonyl (C=O) groups excluding carboxylic acids is 1. The van der Waals surface area contributed by atoms with Crippen molar-refractivity contribution in [3.63, 3.8) is 0 Å². The molecule has 6 nitrogen and oxygen atoms in total. The highest BCUT2D eigenvalue weighted by molar-refractivity contribution is 6.03. The van der Waals surface area contributed by atoms with E-state index in [-0.39, 0.29) is 24.5 Å². The summed E-state index contributed by atoms with van der Waals surface area (Å²) in [5.74, 6) is 1.42. The Kier molecular flexibility index (Phi) is 5.95. The van der Waals surface area contributed by atoms with Crippen molar-refractivity contribution >= 4 is 11.6 Å². The minimum atomic E-state index is -0.251. The molecule has 2 heterocycles. The number of nitrogens with one attached hydrogen (secondary N) is 1. The number of methoxy groups -OCH3 is 1. The molecule has 30 heavy (non-hydrogen) atoms. The number of hydrogen-bond donors (Lipinski definition) is 1. The number of rotatable bonds is 7. The number of benzene rings is 2. The van der Waals surface area contributed by atoms with Gasteiger partial charge >= 0.3 is 0 Å². The van der Waals surface area contributed by atoms with Crippen LogP contribution in [-0.2, 0) is 4.79 Å². The van der Waals surface area contributed by atoms with Gasteiger partial charge in [0.05, 0.1) is 25.6 Å². The Hall–Kier alpha value is -3.38. The summed E-state index contributed by atoms with van der Waals surface area (Å²) >= 11 is 0. The second-order valence-electron chi connectivity index (χ2n) is 7.26. The average molecular weight is 403 g/mol. The first-order valence-corrected chi connectivity index (χ1v) is 10.0. The minimum absolute atomic E-state index is 0.0601. The lowest BCUT2D eigenvalue weighted by Crippen LogP contribution is -2.36. The van der Waals surface area contributed by atoms with E-state index in [4.69, 9.17) is 9.15 Å². The zero-order chi connectivity index (χ0) is 20.9. The standard InChI is InChI=1S/C24H25N3O3/c1-17(18-7-4-3-5-8-18)25-16-24(28)27-22(23-9-6-14-30-23)15-21(26-27)19-10-12-20(29-2)13-11-19/h3-14,17,22,25H,15-16H2,1-2H3/t17-,22+/m0/s1. The number of hydrogen-bond acceptors (Lipinski definition) is 5. The summed E-state index contributed by atoms with van der Waals surface area (Å²) in [7, 11) is 1.64. The van der Waals surface area contributed by atoms with Gasteiger partial charge in [-0.3, -0.25) is 4.79 Å². The van der Waals surface area contributed by atoms with Crippen LogP contribution in [0.15, 0.2) is 82.5 Å². The molecule has 1 aliphatic heterocycles. The summed E-state index contributed by atoms with van der Waals surface area (Å²) < 4.78 is 10.8. The molecule has 2 aromatic carbocycles. The van der Waals surface area contributed by atoms with Gasteiger partial charge in [-0.1, -0.05) is 30.3 Å². The van der Waals surface area contributed by atoms with Crippen LogP contribution in [0.5, 0.6) is 5.75 Å². The molecule has 0 aliphatic carbocycles. The number of amides is 1. The highest BCUT2D eigenvalue weighted by atomic mass is 16.5. The van der Waals surface area contributed by atoms with E-state index in [0.29, 0.717) is 6.42 Å². The molecule has 1 aromatic heterocycles. The third kappa shape index (κ3) is 4.28. The van der Waals surface area contributed by atoms with E-state index in [1.807, 2.05) is 73.7 Å². The summed E-state index contributed by atoms with van der Waals surface area (Å²) in [6.45, 7) is 2.23. The van der Waals surface area contributed by atoms with Gasteiger partial charge in [0.1, 0.15) is 17.6 Å². The van der Waals surface area contributed by atoms with Gasteiger partial charge in [0.15, 0.2) is 0 Å². The number of nitrogens with zero attached hydrogens (tertiary/aromatic N) is 2. The second kappa shape index (κ2) is 8.97. The van der Waals surface area contributed by atoms with Crippen LogP contribution in [-0.4, -0.2) is 30.3 Å². The fourth-order valence-electron chi connectivity index (χ4n) is 3.58. The van der Waals surface area contributed by atoms with Crippen molar-refractivity contribution < 1.29 is 13.9 Å². The third-order valence-corrected chi connectivity index (χ3v) is 5.32. The number of carbonyl (C=O) groups is 1. The van der Waals surface area contributed by atoms with Gasteiger partial charge in [-0.25, -0.2) is 5.01 Å². The summed E-state index contributed by atoms with van der Waals surface area (Å²) in [6.07, 6.45) is 2.22. The van der Waals surface area contributed by atoms with Crippen LogP contribution in [0.4, 0.5) is 0 Å². The SMILES string of the molecule is COc1ccc(C2=NN(C(=O)CN[C@@H](C)c3ccccc3)[C@@H](c3ccco3)C2)cc1. The van der Waals surface area contributed by atoms with Crippen LogP contribution in [0.2, 0.25) is 0 Å². The first-order valence-electron chi connectivity index (χ1n) is 10.0. The monoisotopic (exact) mass is 403 g/mol. The van der Waals surface area contributed by atoms with Crippen LogP contribution in [0.25, 0.3) is 0 Å². The number of hydrazone groups is 1. The molecule has 0 saturated carbocycles. The lowest BCUT2D eigenvalue weighted by atomic mass is 10.0. The largest absolute Gasteiger partial charge is 0.497 e. The van der Waals surface area contributed by atoms with E-state index in [0.717, 1.165) is 28.3 Å². The maximum atomic E-state index is 13.1. The van der Waals surface area contributed by atoms with E-state index in [2.05, 4.69) is 10.4 Å². The fraction of sp³-hybridized carbons (Fsp3) is 0.250. The van der Waals surface area contributed by atoms with Crippen molar-refractivity contribution in [3.8, 4) is 5.75 Å². The van der Waals surface area contributed by atoms with Gasteiger partial charge in [0.2, 0.25) is 0 Å². The maximum absolute atomic E-state index is 13.1. The lowest BCUT2D eigenvalue weighted by Gasteiger charge is -2.21. The molecule has 0 saturated heterocycles. The average Bonchev–Trinajstić information content (AvgIpc) is 3.48. The molecule has 3 aromatic rings. The smallest absolute Gasteiger partial charge is 0.257 e. The molecule has 0 fully saturated rings.